The maximum atomic E-state index is 5.78. The van der Waals surface area contributed by atoms with Crippen molar-refractivity contribution in [1.29, 1.82) is 0 Å². The Kier molecular flexibility index (Phi) is 2.70. The van der Waals surface area contributed by atoms with Crippen LogP contribution in [-0.2, 0) is 9.47 Å². The van der Waals surface area contributed by atoms with Crippen molar-refractivity contribution in [3.63, 3.8) is 0 Å². The summed E-state index contributed by atoms with van der Waals surface area (Å²) in [6.45, 7) is 5.34. The van der Waals surface area contributed by atoms with Crippen molar-refractivity contribution in [3.05, 3.63) is 12.7 Å². The molecule has 2 rings (SSSR count). The van der Waals surface area contributed by atoms with E-state index >= 15 is 0 Å². The van der Waals surface area contributed by atoms with E-state index in [2.05, 4.69) is 6.58 Å². The van der Waals surface area contributed by atoms with Crippen LogP contribution in [0.4, 0.5) is 0 Å². The Morgan fingerprint density at radius 2 is 2.08 bits per heavy atom. The molecule has 2 heteroatoms. The van der Waals surface area contributed by atoms with E-state index in [1.54, 1.807) is 0 Å². The molecule has 1 saturated carbocycles. The van der Waals surface area contributed by atoms with Crippen LogP contribution in [-0.4, -0.2) is 19.0 Å². The highest BCUT2D eigenvalue weighted by Crippen LogP contribution is 2.42. The van der Waals surface area contributed by atoms with Gasteiger partial charge >= 0.3 is 0 Å². The minimum absolute atomic E-state index is 0.230. The molecule has 2 fully saturated rings. The molecule has 2 nitrogen and oxygen atoms in total. The normalized spacial score (nSPS) is 32.2. The molecule has 1 aliphatic carbocycles. The van der Waals surface area contributed by atoms with Crippen LogP contribution in [0.2, 0.25) is 0 Å². The van der Waals surface area contributed by atoms with E-state index < -0.39 is 0 Å². The van der Waals surface area contributed by atoms with E-state index in [0.717, 1.165) is 26.1 Å². The van der Waals surface area contributed by atoms with Crippen LogP contribution in [0.5, 0.6) is 0 Å². The summed E-state index contributed by atoms with van der Waals surface area (Å²) in [5.41, 5.74) is 0. The minimum atomic E-state index is -0.230. The van der Waals surface area contributed by atoms with Gasteiger partial charge in [0.1, 0.15) is 0 Å². The first kappa shape index (κ1) is 9.22. The van der Waals surface area contributed by atoms with Gasteiger partial charge in [0.15, 0.2) is 5.79 Å². The second-order valence-electron chi connectivity index (χ2n) is 3.98. The van der Waals surface area contributed by atoms with Gasteiger partial charge < -0.3 is 9.47 Å². The topological polar surface area (TPSA) is 18.5 Å². The summed E-state index contributed by atoms with van der Waals surface area (Å²) >= 11 is 0. The first-order valence-electron chi connectivity index (χ1n) is 5.26. The third-order valence-electron chi connectivity index (χ3n) is 3.18. The number of ether oxygens (including phenoxy) is 2. The SMILES string of the molecule is C=CCC1CCCCC12OCCO2. The summed E-state index contributed by atoms with van der Waals surface area (Å²) in [5.74, 6) is 0.313. The molecule has 0 bridgehead atoms. The third kappa shape index (κ3) is 1.65. The van der Waals surface area contributed by atoms with Crippen LogP contribution < -0.4 is 0 Å². The van der Waals surface area contributed by atoms with E-state index in [0.29, 0.717) is 5.92 Å². The van der Waals surface area contributed by atoms with Crippen LogP contribution >= 0.6 is 0 Å². The van der Waals surface area contributed by atoms with Crippen LogP contribution in [0.1, 0.15) is 32.1 Å². The second-order valence-corrected chi connectivity index (χ2v) is 3.98. The molecule has 0 amide bonds. The molecule has 0 aromatic heterocycles. The van der Waals surface area contributed by atoms with Crippen molar-refractivity contribution >= 4 is 0 Å². The van der Waals surface area contributed by atoms with Crippen molar-refractivity contribution < 1.29 is 9.47 Å². The molecule has 1 aliphatic heterocycles. The average molecular weight is 182 g/mol. The molecule has 0 N–H and O–H groups in total. The van der Waals surface area contributed by atoms with Crippen molar-refractivity contribution in [3.8, 4) is 0 Å². The summed E-state index contributed by atoms with van der Waals surface area (Å²) in [6.07, 6.45) is 7.88. The lowest BCUT2D eigenvalue weighted by molar-refractivity contribution is -0.211. The summed E-state index contributed by atoms with van der Waals surface area (Å²) in [7, 11) is 0. The Hall–Kier alpha value is -0.340. The van der Waals surface area contributed by atoms with Crippen LogP contribution in [0.15, 0.2) is 12.7 Å². The maximum absolute atomic E-state index is 5.78. The van der Waals surface area contributed by atoms with E-state index in [1.165, 1.54) is 19.3 Å². The molecule has 0 aromatic rings. The largest absolute Gasteiger partial charge is 0.347 e. The van der Waals surface area contributed by atoms with Gasteiger partial charge in [-0.05, 0) is 19.3 Å². The van der Waals surface area contributed by atoms with Gasteiger partial charge in [-0.15, -0.1) is 6.58 Å². The molecule has 74 valence electrons. The van der Waals surface area contributed by atoms with E-state index in [9.17, 15) is 0 Å². The summed E-state index contributed by atoms with van der Waals surface area (Å²) in [5, 5.41) is 0. The molecular formula is C11H18O2. The molecule has 1 atom stereocenters. The van der Waals surface area contributed by atoms with Gasteiger partial charge in [0.25, 0.3) is 0 Å². The molecule has 1 unspecified atom stereocenters. The van der Waals surface area contributed by atoms with Gasteiger partial charge in [-0.3, -0.25) is 0 Å². The van der Waals surface area contributed by atoms with E-state index in [4.69, 9.17) is 9.47 Å². The molecule has 1 saturated heterocycles. The van der Waals surface area contributed by atoms with E-state index in [-0.39, 0.29) is 5.79 Å². The Balaban J connectivity index is 2.06. The highest BCUT2D eigenvalue weighted by atomic mass is 16.7. The minimum Gasteiger partial charge on any atom is -0.347 e. The molecule has 0 aromatic carbocycles. The smallest absolute Gasteiger partial charge is 0.171 e. The lowest BCUT2D eigenvalue weighted by atomic mass is 9.81. The molecular weight excluding hydrogens is 164 g/mol. The fourth-order valence-electron chi connectivity index (χ4n) is 2.54. The number of hydrogen-bond donors (Lipinski definition) is 0. The summed E-state index contributed by atoms with van der Waals surface area (Å²) < 4.78 is 11.6. The average Bonchev–Trinajstić information content (AvgIpc) is 2.59. The van der Waals surface area contributed by atoms with Crippen molar-refractivity contribution in [2.45, 2.75) is 37.9 Å². The van der Waals surface area contributed by atoms with Crippen molar-refractivity contribution in [2.75, 3.05) is 13.2 Å². The Labute approximate surface area is 79.9 Å². The molecule has 13 heavy (non-hydrogen) atoms. The number of hydrogen-bond acceptors (Lipinski definition) is 2. The van der Waals surface area contributed by atoms with Gasteiger partial charge in [-0.25, -0.2) is 0 Å². The van der Waals surface area contributed by atoms with Gasteiger partial charge in [-0.2, -0.15) is 0 Å². The number of allylic oxidation sites excluding steroid dienone is 1. The predicted octanol–water partition coefficient (Wildman–Crippen LogP) is 2.50. The highest BCUT2D eigenvalue weighted by molar-refractivity contribution is 4.90. The zero-order valence-electron chi connectivity index (χ0n) is 8.13. The second kappa shape index (κ2) is 3.81. The van der Waals surface area contributed by atoms with E-state index in [1.807, 2.05) is 6.08 Å². The van der Waals surface area contributed by atoms with Gasteiger partial charge in [0.05, 0.1) is 13.2 Å². The van der Waals surface area contributed by atoms with Crippen LogP contribution in [0.3, 0.4) is 0 Å². The molecule has 1 spiro atoms. The van der Waals surface area contributed by atoms with Crippen molar-refractivity contribution in [2.24, 2.45) is 5.92 Å². The highest BCUT2D eigenvalue weighted by Gasteiger charge is 2.44. The van der Waals surface area contributed by atoms with Gasteiger partial charge in [0, 0.05) is 12.3 Å². The maximum Gasteiger partial charge on any atom is 0.171 e. The van der Waals surface area contributed by atoms with Crippen LogP contribution in [0, 0.1) is 5.92 Å². The Morgan fingerprint density at radius 3 is 2.77 bits per heavy atom. The Morgan fingerprint density at radius 1 is 1.31 bits per heavy atom. The predicted molar refractivity (Wildman–Crippen MR) is 51.4 cm³/mol. The standard InChI is InChI=1S/C11H18O2/c1-2-5-10-6-3-4-7-11(10)12-8-9-13-11/h2,10H,1,3-9H2. The van der Waals surface area contributed by atoms with Crippen molar-refractivity contribution in [1.82, 2.24) is 0 Å². The Bertz CT molecular complexity index is 183. The quantitative estimate of drug-likeness (QED) is 0.611. The zero-order valence-corrected chi connectivity index (χ0v) is 8.13. The first-order valence-corrected chi connectivity index (χ1v) is 5.26. The lowest BCUT2D eigenvalue weighted by Gasteiger charge is -2.38. The monoisotopic (exact) mass is 182 g/mol. The first-order chi connectivity index (χ1) is 6.37. The fourth-order valence-corrected chi connectivity index (χ4v) is 2.54. The lowest BCUT2D eigenvalue weighted by Crippen LogP contribution is -2.41. The molecule has 1 heterocycles. The van der Waals surface area contributed by atoms with Crippen LogP contribution in [0.25, 0.3) is 0 Å². The zero-order chi connectivity index (χ0) is 9.15. The van der Waals surface area contributed by atoms with Gasteiger partial charge in [-0.1, -0.05) is 12.5 Å². The third-order valence-corrected chi connectivity index (χ3v) is 3.18. The fraction of sp³-hybridized carbons (Fsp3) is 0.818. The van der Waals surface area contributed by atoms with Gasteiger partial charge in [0.2, 0.25) is 0 Å². The summed E-state index contributed by atoms with van der Waals surface area (Å²) in [4.78, 5) is 0. The molecule has 0 radical (unpaired) electrons. The summed E-state index contributed by atoms with van der Waals surface area (Å²) in [6, 6.07) is 0. The molecule has 2 aliphatic rings. The number of rotatable bonds is 2.